The lowest BCUT2D eigenvalue weighted by molar-refractivity contribution is 0.0147. The molecular formula is C10H24N2O3. The van der Waals surface area contributed by atoms with Gasteiger partial charge in [-0.15, -0.1) is 0 Å². The second kappa shape index (κ2) is 13.8. The van der Waals surface area contributed by atoms with Gasteiger partial charge in [-0.3, -0.25) is 11.3 Å². The topological polar surface area (TPSA) is 65.7 Å². The second-order valence-corrected chi connectivity index (χ2v) is 3.14. The summed E-state index contributed by atoms with van der Waals surface area (Å²) in [5.74, 6) is 5.07. The third-order valence-electron chi connectivity index (χ3n) is 1.78. The molecule has 0 bridgehead atoms. The molecule has 0 amide bonds. The van der Waals surface area contributed by atoms with Crippen molar-refractivity contribution < 1.29 is 14.2 Å². The molecule has 0 rings (SSSR count). The van der Waals surface area contributed by atoms with Gasteiger partial charge in [0.2, 0.25) is 0 Å². The number of nitrogens with one attached hydrogen (secondary N) is 1. The van der Waals surface area contributed by atoms with Crippen LogP contribution in [0.5, 0.6) is 0 Å². The summed E-state index contributed by atoms with van der Waals surface area (Å²) in [4.78, 5) is 0. The zero-order valence-electron chi connectivity index (χ0n) is 9.67. The summed E-state index contributed by atoms with van der Waals surface area (Å²) >= 11 is 0. The van der Waals surface area contributed by atoms with Crippen molar-refractivity contribution in [2.24, 2.45) is 5.84 Å². The first-order valence-electron chi connectivity index (χ1n) is 5.58. The molecule has 0 unspecified atom stereocenters. The summed E-state index contributed by atoms with van der Waals surface area (Å²) in [6.45, 7) is 6.80. The Morgan fingerprint density at radius 1 is 0.867 bits per heavy atom. The number of nitrogens with two attached hydrogens (primary N) is 1. The van der Waals surface area contributed by atoms with Crippen LogP contribution in [0.4, 0.5) is 0 Å². The van der Waals surface area contributed by atoms with E-state index in [0.717, 1.165) is 13.0 Å². The van der Waals surface area contributed by atoms with Crippen molar-refractivity contribution in [3.05, 3.63) is 0 Å². The SMILES string of the molecule is CCCCOCCOCCOCCNN. The monoisotopic (exact) mass is 220 g/mol. The Morgan fingerprint density at radius 2 is 1.40 bits per heavy atom. The zero-order chi connectivity index (χ0) is 11.2. The Labute approximate surface area is 92.2 Å². The number of hydrazine groups is 1. The lowest BCUT2D eigenvalue weighted by Crippen LogP contribution is -2.26. The van der Waals surface area contributed by atoms with Crippen LogP contribution in [-0.2, 0) is 14.2 Å². The molecule has 15 heavy (non-hydrogen) atoms. The van der Waals surface area contributed by atoms with Gasteiger partial charge in [-0.05, 0) is 6.42 Å². The lowest BCUT2D eigenvalue weighted by atomic mass is 10.4. The van der Waals surface area contributed by atoms with E-state index in [1.165, 1.54) is 6.42 Å². The molecule has 0 fully saturated rings. The second-order valence-electron chi connectivity index (χ2n) is 3.14. The minimum absolute atomic E-state index is 0.608. The molecule has 0 saturated heterocycles. The van der Waals surface area contributed by atoms with Crippen molar-refractivity contribution in [3.8, 4) is 0 Å². The van der Waals surface area contributed by atoms with Gasteiger partial charge in [0.1, 0.15) is 0 Å². The van der Waals surface area contributed by atoms with Crippen LogP contribution in [0.25, 0.3) is 0 Å². The molecule has 5 heteroatoms. The maximum absolute atomic E-state index is 5.33. The number of hydrogen-bond acceptors (Lipinski definition) is 5. The van der Waals surface area contributed by atoms with Crippen molar-refractivity contribution >= 4 is 0 Å². The van der Waals surface area contributed by atoms with Gasteiger partial charge in [0.05, 0.1) is 33.0 Å². The molecule has 5 nitrogen and oxygen atoms in total. The molecule has 0 atom stereocenters. The molecule has 0 radical (unpaired) electrons. The average Bonchev–Trinajstić information content (AvgIpc) is 2.26. The van der Waals surface area contributed by atoms with E-state index in [-0.39, 0.29) is 0 Å². The lowest BCUT2D eigenvalue weighted by Gasteiger charge is -2.06. The Morgan fingerprint density at radius 3 is 1.93 bits per heavy atom. The van der Waals surface area contributed by atoms with E-state index in [0.29, 0.717) is 39.6 Å². The van der Waals surface area contributed by atoms with Gasteiger partial charge < -0.3 is 14.2 Å². The molecule has 0 heterocycles. The first-order chi connectivity index (χ1) is 7.41. The van der Waals surface area contributed by atoms with E-state index in [1.54, 1.807) is 0 Å². The summed E-state index contributed by atoms with van der Waals surface area (Å²) in [5.41, 5.74) is 2.51. The number of ether oxygens (including phenoxy) is 3. The fourth-order valence-electron chi connectivity index (χ4n) is 0.919. The van der Waals surface area contributed by atoms with Crippen LogP contribution in [0, 0.1) is 0 Å². The molecule has 0 aliphatic carbocycles. The standard InChI is InChI=1S/C10H24N2O3/c1-2-3-5-13-7-9-15-10-8-14-6-4-12-11/h12H,2-11H2,1H3. The van der Waals surface area contributed by atoms with Crippen LogP contribution in [0.2, 0.25) is 0 Å². The molecule has 3 N–H and O–H groups in total. The van der Waals surface area contributed by atoms with Crippen LogP contribution in [0.15, 0.2) is 0 Å². The number of unbranched alkanes of at least 4 members (excludes halogenated alkanes) is 1. The molecule has 0 aromatic rings. The molecular weight excluding hydrogens is 196 g/mol. The highest BCUT2D eigenvalue weighted by atomic mass is 16.5. The van der Waals surface area contributed by atoms with Crippen molar-refractivity contribution in [1.82, 2.24) is 5.43 Å². The van der Waals surface area contributed by atoms with Crippen LogP contribution < -0.4 is 11.3 Å². The fourth-order valence-corrected chi connectivity index (χ4v) is 0.919. The Balaban J connectivity index is 2.81. The number of hydrogen-bond donors (Lipinski definition) is 2. The fraction of sp³-hybridized carbons (Fsp3) is 1.00. The van der Waals surface area contributed by atoms with Gasteiger partial charge in [0.25, 0.3) is 0 Å². The van der Waals surface area contributed by atoms with Gasteiger partial charge in [-0.2, -0.15) is 0 Å². The molecule has 0 saturated carbocycles. The zero-order valence-corrected chi connectivity index (χ0v) is 9.67. The Bertz CT molecular complexity index is 103. The van der Waals surface area contributed by atoms with Crippen molar-refractivity contribution in [3.63, 3.8) is 0 Å². The highest BCUT2D eigenvalue weighted by Gasteiger charge is 1.90. The first-order valence-corrected chi connectivity index (χ1v) is 5.58. The van der Waals surface area contributed by atoms with Crippen LogP contribution >= 0.6 is 0 Å². The Hall–Kier alpha value is -0.200. The minimum Gasteiger partial charge on any atom is -0.379 e. The molecule has 0 spiro atoms. The third-order valence-corrected chi connectivity index (χ3v) is 1.78. The van der Waals surface area contributed by atoms with E-state index >= 15 is 0 Å². The third kappa shape index (κ3) is 13.8. The van der Waals surface area contributed by atoms with Crippen LogP contribution in [-0.4, -0.2) is 46.2 Å². The molecule has 0 aromatic heterocycles. The minimum atomic E-state index is 0.608. The summed E-state index contributed by atoms with van der Waals surface area (Å²) in [6, 6.07) is 0. The van der Waals surface area contributed by atoms with E-state index in [9.17, 15) is 0 Å². The van der Waals surface area contributed by atoms with E-state index < -0.39 is 0 Å². The van der Waals surface area contributed by atoms with Crippen LogP contribution in [0.1, 0.15) is 19.8 Å². The van der Waals surface area contributed by atoms with Crippen molar-refractivity contribution in [2.45, 2.75) is 19.8 Å². The largest absolute Gasteiger partial charge is 0.379 e. The van der Waals surface area contributed by atoms with Gasteiger partial charge in [-0.1, -0.05) is 13.3 Å². The quantitative estimate of drug-likeness (QED) is 0.281. The smallest absolute Gasteiger partial charge is 0.0701 e. The van der Waals surface area contributed by atoms with Gasteiger partial charge in [0, 0.05) is 13.2 Å². The molecule has 0 aliphatic rings. The predicted octanol–water partition coefficient (Wildman–Crippen LogP) is 0.300. The van der Waals surface area contributed by atoms with Gasteiger partial charge in [-0.25, -0.2) is 0 Å². The first kappa shape index (κ1) is 14.8. The number of rotatable bonds is 12. The van der Waals surface area contributed by atoms with Crippen LogP contribution in [0.3, 0.4) is 0 Å². The maximum atomic E-state index is 5.33. The molecule has 0 aliphatic heterocycles. The Kier molecular flexibility index (Phi) is 13.6. The normalized spacial score (nSPS) is 10.8. The summed E-state index contributed by atoms with van der Waals surface area (Å²) in [7, 11) is 0. The predicted molar refractivity (Wildman–Crippen MR) is 59.6 cm³/mol. The van der Waals surface area contributed by atoms with E-state index in [4.69, 9.17) is 20.1 Å². The summed E-state index contributed by atoms with van der Waals surface area (Å²) < 4.78 is 15.8. The highest BCUT2D eigenvalue weighted by Crippen LogP contribution is 1.87. The molecule has 0 aromatic carbocycles. The maximum Gasteiger partial charge on any atom is 0.0701 e. The van der Waals surface area contributed by atoms with Gasteiger partial charge >= 0.3 is 0 Å². The van der Waals surface area contributed by atoms with Crippen molar-refractivity contribution in [1.29, 1.82) is 0 Å². The van der Waals surface area contributed by atoms with Crippen molar-refractivity contribution in [2.75, 3.05) is 46.2 Å². The highest BCUT2D eigenvalue weighted by molar-refractivity contribution is 4.36. The van der Waals surface area contributed by atoms with E-state index in [1.807, 2.05) is 0 Å². The molecule has 92 valence electrons. The van der Waals surface area contributed by atoms with E-state index in [2.05, 4.69) is 12.3 Å². The summed E-state index contributed by atoms with van der Waals surface area (Å²) in [6.07, 6.45) is 2.29. The van der Waals surface area contributed by atoms with Gasteiger partial charge in [0.15, 0.2) is 0 Å². The summed E-state index contributed by atoms with van der Waals surface area (Å²) in [5, 5.41) is 0. The average molecular weight is 220 g/mol.